The van der Waals surface area contributed by atoms with E-state index in [4.69, 9.17) is 5.11 Å². The Morgan fingerprint density at radius 1 is 1.44 bits per heavy atom. The molecule has 0 aromatic carbocycles. The number of alkyl halides is 3. The molecule has 16 heavy (non-hydrogen) atoms. The molecule has 0 saturated heterocycles. The van der Waals surface area contributed by atoms with Crippen molar-refractivity contribution in [3.05, 3.63) is 17.3 Å². The summed E-state index contributed by atoms with van der Waals surface area (Å²) in [5.41, 5.74) is 0.633. The highest BCUT2D eigenvalue weighted by Gasteiger charge is 2.33. The van der Waals surface area contributed by atoms with Crippen LogP contribution < -0.4 is 9.47 Å². The molecule has 90 valence electrons. The summed E-state index contributed by atoms with van der Waals surface area (Å²) in [5, 5.41) is 8.88. The molecule has 0 aliphatic rings. The Bertz CT molecular complexity index is 379. The molecule has 0 fully saturated rings. The van der Waals surface area contributed by atoms with Crippen molar-refractivity contribution in [3.8, 4) is 11.6 Å². The molecule has 7 heteroatoms. The number of rotatable bonds is 3. The van der Waals surface area contributed by atoms with E-state index in [1.807, 2.05) is 0 Å². The Hall–Kier alpha value is -1.50. The predicted molar refractivity (Wildman–Crippen MR) is 48.1 cm³/mol. The van der Waals surface area contributed by atoms with E-state index >= 15 is 0 Å². The van der Waals surface area contributed by atoms with Gasteiger partial charge in [-0.3, -0.25) is 0 Å². The van der Waals surface area contributed by atoms with Crippen molar-refractivity contribution in [1.29, 1.82) is 0 Å². The van der Waals surface area contributed by atoms with Gasteiger partial charge in [-0.05, 0) is 18.6 Å². The third kappa shape index (κ3) is 2.99. The number of ether oxygens (including phenoxy) is 2. The third-order valence-electron chi connectivity index (χ3n) is 1.82. The number of aliphatic hydroxyl groups is 1. The van der Waals surface area contributed by atoms with E-state index in [-0.39, 0.29) is 18.2 Å². The summed E-state index contributed by atoms with van der Waals surface area (Å²) >= 11 is 0. The standard InChI is InChI=1S/C9H10F3NO3/c1-5-3-7(16-9(10,11)12)8(15-2)13-6(5)4-14/h3,14H,4H2,1-2H3. The zero-order valence-corrected chi connectivity index (χ0v) is 8.63. The highest BCUT2D eigenvalue weighted by Crippen LogP contribution is 2.32. The van der Waals surface area contributed by atoms with Gasteiger partial charge in [-0.2, -0.15) is 0 Å². The van der Waals surface area contributed by atoms with Gasteiger partial charge < -0.3 is 14.6 Å². The van der Waals surface area contributed by atoms with Crippen LogP contribution in [0.15, 0.2) is 6.07 Å². The van der Waals surface area contributed by atoms with Gasteiger partial charge in [0.25, 0.3) is 5.88 Å². The SMILES string of the molecule is COc1nc(CO)c(C)cc1OC(F)(F)F. The molecule has 0 bridgehead atoms. The Balaban J connectivity index is 3.13. The van der Waals surface area contributed by atoms with Crippen molar-refractivity contribution < 1.29 is 27.8 Å². The summed E-state index contributed by atoms with van der Waals surface area (Å²) in [6.45, 7) is 1.13. The van der Waals surface area contributed by atoms with Crippen molar-refractivity contribution in [1.82, 2.24) is 4.98 Å². The first-order chi connectivity index (χ1) is 7.37. The minimum absolute atomic E-state index is 0.242. The van der Waals surface area contributed by atoms with Crippen molar-refractivity contribution >= 4 is 0 Å². The molecule has 0 radical (unpaired) electrons. The topological polar surface area (TPSA) is 51.6 Å². The first-order valence-corrected chi connectivity index (χ1v) is 4.28. The van der Waals surface area contributed by atoms with E-state index in [1.165, 1.54) is 14.0 Å². The minimum atomic E-state index is -4.80. The number of halogens is 3. The molecule has 0 saturated carbocycles. The summed E-state index contributed by atoms with van der Waals surface area (Å²) in [5.74, 6) is -0.836. The molecule has 0 spiro atoms. The van der Waals surface area contributed by atoms with Gasteiger partial charge in [-0.25, -0.2) is 4.98 Å². The second-order valence-electron chi connectivity index (χ2n) is 2.97. The average molecular weight is 237 g/mol. The lowest BCUT2D eigenvalue weighted by molar-refractivity contribution is -0.275. The van der Waals surface area contributed by atoms with Gasteiger partial charge in [0.2, 0.25) is 0 Å². The van der Waals surface area contributed by atoms with Crippen molar-refractivity contribution in [3.63, 3.8) is 0 Å². The number of hydrogen-bond acceptors (Lipinski definition) is 4. The molecule has 1 aromatic heterocycles. The summed E-state index contributed by atoms with van der Waals surface area (Å²) in [7, 11) is 1.17. The van der Waals surface area contributed by atoms with Crippen LogP contribution in [0.25, 0.3) is 0 Å². The van der Waals surface area contributed by atoms with Crippen molar-refractivity contribution in [2.24, 2.45) is 0 Å². The summed E-state index contributed by atoms with van der Waals surface area (Å²) in [6.07, 6.45) is -4.80. The second-order valence-corrected chi connectivity index (χ2v) is 2.97. The molecule has 1 aromatic rings. The number of nitrogens with zero attached hydrogens (tertiary/aromatic N) is 1. The van der Waals surface area contributed by atoms with Crippen LogP contribution in [0.3, 0.4) is 0 Å². The number of hydrogen-bond donors (Lipinski definition) is 1. The Morgan fingerprint density at radius 2 is 2.06 bits per heavy atom. The minimum Gasteiger partial charge on any atom is -0.478 e. The van der Waals surface area contributed by atoms with Gasteiger partial charge in [0.1, 0.15) is 0 Å². The van der Waals surface area contributed by atoms with E-state index in [2.05, 4.69) is 14.5 Å². The fourth-order valence-corrected chi connectivity index (χ4v) is 1.11. The van der Waals surface area contributed by atoms with Gasteiger partial charge in [0, 0.05) is 0 Å². The van der Waals surface area contributed by atoms with Crippen LogP contribution in [-0.2, 0) is 6.61 Å². The number of aryl methyl sites for hydroxylation is 1. The van der Waals surface area contributed by atoms with Gasteiger partial charge >= 0.3 is 6.36 Å². The maximum absolute atomic E-state index is 12.0. The fraction of sp³-hybridized carbons (Fsp3) is 0.444. The van der Waals surface area contributed by atoms with E-state index in [0.717, 1.165) is 6.07 Å². The van der Waals surface area contributed by atoms with Crippen LogP contribution in [0.1, 0.15) is 11.3 Å². The maximum Gasteiger partial charge on any atom is 0.573 e. The molecule has 0 aliphatic carbocycles. The Labute approximate surface area is 89.6 Å². The number of aliphatic hydroxyl groups excluding tert-OH is 1. The average Bonchev–Trinajstić information content (AvgIpc) is 2.16. The van der Waals surface area contributed by atoms with E-state index in [9.17, 15) is 13.2 Å². The predicted octanol–water partition coefficient (Wildman–Crippen LogP) is 1.79. The fourth-order valence-electron chi connectivity index (χ4n) is 1.11. The van der Waals surface area contributed by atoms with E-state index in [1.54, 1.807) is 0 Å². The number of aromatic nitrogens is 1. The molecule has 0 amide bonds. The molecular formula is C9H10F3NO3. The van der Waals surface area contributed by atoms with Crippen LogP contribution >= 0.6 is 0 Å². The van der Waals surface area contributed by atoms with Gasteiger partial charge in [0.15, 0.2) is 5.75 Å². The Morgan fingerprint density at radius 3 is 2.50 bits per heavy atom. The molecule has 1 heterocycles. The monoisotopic (exact) mass is 237 g/mol. The maximum atomic E-state index is 12.0. The lowest BCUT2D eigenvalue weighted by Gasteiger charge is -2.13. The van der Waals surface area contributed by atoms with Gasteiger partial charge in [-0.1, -0.05) is 0 Å². The molecule has 0 atom stereocenters. The smallest absolute Gasteiger partial charge is 0.478 e. The third-order valence-corrected chi connectivity index (χ3v) is 1.82. The lowest BCUT2D eigenvalue weighted by atomic mass is 10.2. The second kappa shape index (κ2) is 4.56. The summed E-state index contributed by atoms with van der Waals surface area (Å²) < 4.78 is 44.4. The van der Waals surface area contributed by atoms with Gasteiger partial charge in [0.05, 0.1) is 19.4 Å². The van der Waals surface area contributed by atoms with Crippen LogP contribution in [0.2, 0.25) is 0 Å². The van der Waals surface area contributed by atoms with Gasteiger partial charge in [-0.15, -0.1) is 13.2 Å². The molecule has 1 rings (SSSR count). The number of pyridine rings is 1. The molecular weight excluding hydrogens is 227 g/mol. The lowest BCUT2D eigenvalue weighted by Crippen LogP contribution is -2.18. The normalized spacial score (nSPS) is 11.4. The molecule has 4 nitrogen and oxygen atoms in total. The molecule has 1 N–H and O–H groups in total. The summed E-state index contributed by atoms with van der Waals surface area (Å²) in [6, 6.07) is 1.12. The highest BCUT2D eigenvalue weighted by molar-refractivity contribution is 5.39. The summed E-state index contributed by atoms with van der Waals surface area (Å²) in [4.78, 5) is 3.70. The van der Waals surface area contributed by atoms with Crippen LogP contribution in [0.5, 0.6) is 11.6 Å². The van der Waals surface area contributed by atoms with E-state index in [0.29, 0.717) is 5.56 Å². The van der Waals surface area contributed by atoms with Crippen molar-refractivity contribution in [2.45, 2.75) is 19.9 Å². The zero-order valence-electron chi connectivity index (χ0n) is 8.63. The first kappa shape index (κ1) is 12.6. The number of methoxy groups -OCH3 is 1. The van der Waals surface area contributed by atoms with Crippen LogP contribution in [-0.4, -0.2) is 23.6 Å². The molecule has 0 unspecified atom stereocenters. The largest absolute Gasteiger partial charge is 0.573 e. The van der Waals surface area contributed by atoms with Crippen molar-refractivity contribution in [2.75, 3.05) is 7.11 Å². The molecule has 0 aliphatic heterocycles. The first-order valence-electron chi connectivity index (χ1n) is 4.28. The zero-order chi connectivity index (χ0) is 12.3. The Kier molecular flexibility index (Phi) is 3.58. The van der Waals surface area contributed by atoms with E-state index < -0.39 is 12.1 Å². The van der Waals surface area contributed by atoms with Crippen LogP contribution in [0.4, 0.5) is 13.2 Å². The highest BCUT2D eigenvalue weighted by atomic mass is 19.4. The van der Waals surface area contributed by atoms with Crippen LogP contribution in [0, 0.1) is 6.92 Å². The quantitative estimate of drug-likeness (QED) is 0.870.